The summed E-state index contributed by atoms with van der Waals surface area (Å²) in [7, 11) is 1.07. The molecule has 0 saturated carbocycles. The summed E-state index contributed by atoms with van der Waals surface area (Å²) in [5.41, 5.74) is -1.22. The minimum absolute atomic E-state index is 0.0293. The van der Waals surface area contributed by atoms with Crippen LogP contribution in [0.25, 0.3) is 0 Å². The molecule has 2 unspecified atom stereocenters. The lowest BCUT2D eigenvalue weighted by molar-refractivity contribution is -0.139. The highest BCUT2D eigenvalue weighted by atomic mass is 79.9. The maximum Gasteiger partial charge on any atom is 0.421 e. The molecule has 102 valence electrons. The fourth-order valence-corrected chi connectivity index (χ4v) is 1.66. The lowest BCUT2D eigenvalue weighted by Crippen LogP contribution is -2.20. The maximum atomic E-state index is 12.7. The SMILES string of the molecule is COc1ncc(C(O)C(O)CBr)cc1C(F)(F)F. The van der Waals surface area contributed by atoms with E-state index in [0.717, 1.165) is 13.3 Å². The number of alkyl halides is 4. The van der Waals surface area contributed by atoms with E-state index in [1.54, 1.807) is 0 Å². The topological polar surface area (TPSA) is 62.6 Å². The monoisotopic (exact) mass is 329 g/mol. The van der Waals surface area contributed by atoms with Crippen LogP contribution in [0.4, 0.5) is 13.2 Å². The Kier molecular flexibility index (Phi) is 4.94. The van der Waals surface area contributed by atoms with Crippen molar-refractivity contribution >= 4 is 15.9 Å². The first-order valence-electron chi connectivity index (χ1n) is 4.84. The average molecular weight is 330 g/mol. The molecular weight excluding hydrogens is 319 g/mol. The third-order valence-electron chi connectivity index (χ3n) is 2.24. The van der Waals surface area contributed by atoms with Crippen LogP contribution in [0.15, 0.2) is 12.3 Å². The van der Waals surface area contributed by atoms with Gasteiger partial charge >= 0.3 is 6.18 Å². The van der Waals surface area contributed by atoms with Crippen LogP contribution in [0.3, 0.4) is 0 Å². The molecule has 2 N–H and O–H groups in total. The van der Waals surface area contributed by atoms with E-state index in [4.69, 9.17) is 0 Å². The first-order valence-corrected chi connectivity index (χ1v) is 5.96. The van der Waals surface area contributed by atoms with Gasteiger partial charge in [-0.05, 0) is 6.07 Å². The van der Waals surface area contributed by atoms with Gasteiger partial charge in [-0.2, -0.15) is 13.2 Å². The Hall–Kier alpha value is -0.860. The number of aliphatic hydroxyl groups is 2. The summed E-state index contributed by atoms with van der Waals surface area (Å²) in [5.74, 6) is -0.577. The van der Waals surface area contributed by atoms with Crippen molar-refractivity contribution in [3.8, 4) is 5.88 Å². The van der Waals surface area contributed by atoms with Crippen molar-refractivity contribution in [3.05, 3.63) is 23.4 Å². The molecule has 0 aliphatic heterocycles. The average Bonchev–Trinajstić information content (AvgIpc) is 2.35. The van der Waals surface area contributed by atoms with Crippen molar-refractivity contribution in [3.63, 3.8) is 0 Å². The standard InChI is InChI=1S/C10H11BrF3NO3/c1-18-9-6(10(12,13)14)2-5(4-15-9)8(17)7(16)3-11/h2,4,7-8,16-17H,3H2,1H3. The number of hydrogen-bond acceptors (Lipinski definition) is 4. The van der Waals surface area contributed by atoms with Crippen molar-refractivity contribution in [2.45, 2.75) is 18.4 Å². The van der Waals surface area contributed by atoms with Crippen LogP contribution in [-0.4, -0.2) is 33.7 Å². The largest absolute Gasteiger partial charge is 0.481 e. The summed E-state index contributed by atoms with van der Waals surface area (Å²) >= 11 is 2.92. The van der Waals surface area contributed by atoms with Gasteiger partial charge in [0.15, 0.2) is 0 Å². The molecule has 0 bridgehead atoms. The van der Waals surface area contributed by atoms with E-state index < -0.39 is 29.8 Å². The van der Waals surface area contributed by atoms with Crippen LogP contribution >= 0.6 is 15.9 Å². The predicted octanol–water partition coefficient (Wildman–Crippen LogP) is 1.90. The molecule has 1 aromatic heterocycles. The zero-order valence-electron chi connectivity index (χ0n) is 9.28. The van der Waals surface area contributed by atoms with E-state index in [-0.39, 0.29) is 10.9 Å². The van der Waals surface area contributed by atoms with Gasteiger partial charge in [-0.3, -0.25) is 0 Å². The number of rotatable bonds is 4. The minimum Gasteiger partial charge on any atom is -0.481 e. The van der Waals surface area contributed by atoms with E-state index >= 15 is 0 Å². The highest BCUT2D eigenvalue weighted by Crippen LogP contribution is 2.36. The van der Waals surface area contributed by atoms with Gasteiger partial charge in [0.05, 0.1) is 13.2 Å². The van der Waals surface area contributed by atoms with Crippen molar-refractivity contribution in [2.75, 3.05) is 12.4 Å². The Morgan fingerprint density at radius 2 is 2.06 bits per heavy atom. The number of aromatic nitrogens is 1. The molecule has 18 heavy (non-hydrogen) atoms. The van der Waals surface area contributed by atoms with Gasteiger partial charge in [0.25, 0.3) is 0 Å². The molecular formula is C10H11BrF3NO3. The summed E-state index contributed by atoms with van der Waals surface area (Å²) in [6, 6.07) is 0.711. The van der Waals surface area contributed by atoms with Crippen molar-refractivity contribution in [1.29, 1.82) is 0 Å². The summed E-state index contributed by atoms with van der Waals surface area (Å²) in [4.78, 5) is 3.47. The van der Waals surface area contributed by atoms with Crippen molar-refractivity contribution in [1.82, 2.24) is 4.98 Å². The summed E-state index contributed by atoms with van der Waals surface area (Å²) in [6.07, 6.45) is -6.29. The normalized spacial score (nSPS) is 15.3. The molecule has 0 saturated heterocycles. The molecule has 0 aromatic carbocycles. The van der Waals surface area contributed by atoms with E-state index in [0.29, 0.717) is 6.07 Å². The lowest BCUT2D eigenvalue weighted by Gasteiger charge is -2.18. The van der Waals surface area contributed by atoms with Crippen LogP contribution in [0.2, 0.25) is 0 Å². The third-order valence-corrected chi connectivity index (χ3v) is 2.90. The van der Waals surface area contributed by atoms with Gasteiger partial charge in [0.2, 0.25) is 5.88 Å². The molecule has 4 nitrogen and oxygen atoms in total. The number of halogens is 4. The fraction of sp³-hybridized carbons (Fsp3) is 0.500. The van der Waals surface area contributed by atoms with Crippen molar-refractivity contribution < 1.29 is 28.1 Å². The Morgan fingerprint density at radius 3 is 2.50 bits per heavy atom. The van der Waals surface area contributed by atoms with Crippen LogP contribution < -0.4 is 4.74 Å². The number of ether oxygens (including phenoxy) is 1. The quantitative estimate of drug-likeness (QED) is 0.828. The van der Waals surface area contributed by atoms with Gasteiger partial charge < -0.3 is 14.9 Å². The zero-order valence-corrected chi connectivity index (χ0v) is 10.9. The molecule has 0 radical (unpaired) electrons. The number of pyridine rings is 1. The molecule has 0 spiro atoms. The maximum absolute atomic E-state index is 12.7. The molecule has 0 aliphatic rings. The van der Waals surface area contributed by atoms with Crippen LogP contribution in [0, 0.1) is 0 Å². The van der Waals surface area contributed by atoms with Gasteiger partial charge in [-0.15, -0.1) is 0 Å². The second-order valence-corrected chi connectivity index (χ2v) is 4.14. The molecule has 0 amide bonds. The van der Waals surface area contributed by atoms with Crippen molar-refractivity contribution in [2.24, 2.45) is 0 Å². The van der Waals surface area contributed by atoms with Crippen LogP contribution in [-0.2, 0) is 6.18 Å². The lowest BCUT2D eigenvalue weighted by atomic mass is 10.1. The molecule has 1 rings (SSSR count). The molecule has 1 aromatic rings. The van der Waals surface area contributed by atoms with Gasteiger partial charge in [0.1, 0.15) is 11.7 Å². The van der Waals surface area contributed by atoms with Gasteiger partial charge in [-0.1, -0.05) is 15.9 Å². The molecule has 1 heterocycles. The van der Waals surface area contributed by atoms with Gasteiger partial charge in [-0.25, -0.2) is 4.98 Å². The Balaban J connectivity index is 3.18. The number of nitrogens with zero attached hydrogens (tertiary/aromatic N) is 1. The summed E-state index contributed by atoms with van der Waals surface area (Å²) < 4.78 is 42.6. The number of hydrogen-bond donors (Lipinski definition) is 2. The molecule has 0 fully saturated rings. The van der Waals surface area contributed by atoms with E-state index in [2.05, 4.69) is 25.7 Å². The minimum atomic E-state index is -4.65. The molecule has 2 atom stereocenters. The van der Waals surface area contributed by atoms with Crippen LogP contribution in [0.1, 0.15) is 17.2 Å². The first kappa shape index (κ1) is 15.2. The zero-order chi connectivity index (χ0) is 13.9. The smallest absolute Gasteiger partial charge is 0.421 e. The Labute approximate surface area is 110 Å². The summed E-state index contributed by atoms with van der Waals surface area (Å²) in [6.45, 7) is 0. The number of aliphatic hydroxyl groups excluding tert-OH is 2. The second-order valence-electron chi connectivity index (χ2n) is 3.49. The highest BCUT2D eigenvalue weighted by molar-refractivity contribution is 9.09. The summed E-state index contributed by atoms with van der Waals surface area (Å²) in [5, 5.41) is 19.0. The first-order chi connectivity index (χ1) is 8.31. The van der Waals surface area contributed by atoms with E-state index in [1.165, 1.54) is 0 Å². The third kappa shape index (κ3) is 3.33. The van der Waals surface area contributed by atoms with E-state index in [9.17, 15) is 23.4 Å². The van der Waals surface area contributed by atoms with E-state index in [1.807, 2.05) is 0 Å². The Bertz CT molecular complexity index is 414. The second kappa shape index (κ2) is 5.85. The fourth-order valence-electron chi connectivity index (χ4n) is 1.30. The number of methoxy groups -OCH3 is 1. The van der Waals surface area contributed by atoms with Gasteiger partial charge in [0, 0.05) is 17.1 Å². The molecule has 8 heteroatoms. The molecule has 0 aliphatic carbocycles. The predicted molar refractivity (Wildman–Crippen MR) is 60.6 cm³/mol. The Morgan fingerprint density at radius 1 is 1.44 bits per heavy atom. The van der Waals surface area contributed by atoms with Crippen LogP contribution in [0.5, 0.6) is 5.88 Å². The highest BCUT2D eigenvalue weighted by Gasteiger charge is 2.36.